The molecule has 0 aromatic heterocycles. The first-order chi connectivity index (χ1) is 6.95. The van der Waals surface area contributed by atoms with Crippen molar-refractivity contribution in [3.05, 3.63) is 0 Å². The number of nitrogens with zero attached hydrogens (tertiary/aromatic N) is 1. The molecule has 1 N–H and O–H groups in total. The predicted molar refractivity (Wildman–Crippen MR) is 60.5 cm³/mol. The summed E-state index contributed by atoms with van der Waals surface area (Å²) in [6, 6.07) is 0. The first kappa shape index (κ1) is 10.4. The lowest BCUT2D eigenvalue weighted by Gasteiger charge is -2.26. The standard InChI is InChI=1S/C12H24N2/c1-2-4-8-14(9-5-3-1)11-12-6-7-13-10-12/h12-13H,1-11H2. The second kappa shape index (κ2) is 5.72. The maximum absolute atomic E-state index is 3.46. The van der Waals surface area contributed by atoms with Crippen molar-refractivity contribution in [2.75, 3.05) is 32.7 Å². The monoisotopic (exact) mass is 196 g/mol. The van der Waals surface area contributed by atoms with Crippen LogP contribution in [0.15, 0.2) is 0 Å². The molecule has 82 valence electrons. The van der Waals surface area contributed by atoms with Gasteiger partial charge in [-0.2, -0.15) is 0 Å². The van der Waals surface area contributed by atoms with E-state index in [0.717, 1.165) is 5.92 Å². The molecule has 2 rings (SSSR count). The molecule has 0 aromatic rings. The van der Waals surface area contributed by atoms with Crippen LogP contribution in [-0.4, -0.2) is 37.6 Å². The molecule has 2 heteroatoms. The third-order valence-corrected chi connectivity index (χ3v) is 3.63. The summed E-state index contributed by atoms with van der Waals surface area (Å²) in [5.74, 6) is 0.939. The molecule has 2 fully saturated rings. The predicted octanol–water partition coefficient (Wildman–Crippen LogP) is 1.86. The molecule has 0 bridgehead atoms. The summed E-state index contributed by atoms with van der Waals surface area (Å²) >= 11 is 0. The van der Waals surface area contributed by atoms with Crippen LogP contribution >= 0.6 is 0 Å². The zero-order valence-corrected chi connectivity index (χ0v) is 9.30. The highest BCUT2D eigenvalue weighted by Gasteiger charge is 2.18. The molecule has 1 atom stereocenters. The Hall–Kier alpha value is -0.0800. The Morgan fingerprint density at radius 2 is 1.71 bits per heavy atom. The molecular formula is C12H24N2. The van der Waals surface area contributed by atoms with Crippen LogP contribution in [0.1, 0.15) is 38.5 Å². The molecular weight excluding hydrogens is 172 g/mol. The van der Waals surface area contributed by atoms with Crippen LogP contribution in [-0.2, 0) is 0 Å². The van der Waals surface area contributed by atoms with Gasteiger partial charge in [-0.25, -0.2) is 0 Å². The number of likely N-dealkylation sites (tertiary alicyclic amines) is 1. The lowest BCUT2D eigenvalue weighted by atomic mass is 10.1. The van der Waals surface area contributed by atoms with Gasteiger partial charge in [-0.3, -0.25) is 0 Å². The van der Waals surface area contributed by atoms with Gasteiger partial charge in [-0.05, 0) is 51.4 Å². The number of nitrogens with one attached hydrogen (secondary N) is 1. The number of rotatable bonds is 2. The van der Waals surface area contributed by atoms with E-state index < -0.39 is 0 Å². The van der Waals surface area contributed by atoms with Gasteiger partial charge in [-0.1, -0.05) is 19.3 Å². The Morgan fingerprint density at radius 3 is 2.36 bits per heavy atom. The Kier molecular flexibility index (Phi) is 4.26. The van der Waals surface area contributed by atoms with Gasteiger partial charge in [0.1, 0.15) is 0 Å². The van der Waals surface area contributed by atoms with Gasteiger partial charge in [0.25, 0.3) is 0 Å². The Bertz CT molecular complexity index is 144. The average molecular weight is 196 g/mol. The van der Waals surface area contributed by atoms with Gasteiger partial charge in [0.05, 0.1) is 0 Å². The van der Waals surface area contributed by atoms with E-state index in [1.807, 2.05) is 0 Å². The Morgan fingerprint density at radius 1 is 1.00 bits per heavy atom. The summed E-state index contributed by atoms with van der Waals surface area (Å²) in [5.41, 5.74) is 0. The molecule has 14 heavy (non-hydrogen) atoms. The van der Waals surface area contributed by atoms with Crippen LogP contribution in [0.4, 0.5) is 0 Å². The summed E-state index contributed by atoms with van der Waals surface area (Å²) in [5, 5.41) is 3.46. The smallest absolute Gasteiger partial charge is 0.00223 e. The number of hydrogen-bond donors (Lipinski definition) is 1. The molecule has 2 nitrogen and oxygen atoms in total. The van der Waals surface area contributed by atoms with Crippen LogP contribution in [0.2, 0.25) is 0 Å². The third-order valence-electron chi connectivity index (χ3n) is 3.63. The van der Waals surface area contributed by atoms with Crippen molar-refractivity contribution in [2.24, 2.45) is 5.92 Å². The van der Waals surface area contributed by atoms with E-state index in [0.29, 0.717) is 0 Å². The van der Waals surface area contributed by atoms with Gasteiger partial charge < -0.3 is 10.2 Å². The minimum Gasteiger partial charge on any atom is -0.316 e. The molecule has 0 amide bonds. The summed E-state index contributed by atoms with van der Waals surface area (Å²) in [6.45, 7) is 6.58. The summed E-state index contributed by atoms with van der Waals surface area (Å²) in [4.78, 5) is 2.71. The number of hydrogen-bond acceptors (Lipinski definition) is 2. The van der Waals surface area contributed by atoms with E-state index >= 15 is 0 Å². The molecule has 2 aliphatic rings. The summed E-state index contributed by atoms with van der Waals surface area (Å²) in [7, 11) is 0. The SMILES string of the molecule is C1CCCN(CC2CCNC2)CCC1. The van der Waals surface area contributed by atoms with Gasteiger partial charge in [0, 0.05) is 6.54 Å². The van der Waals surface area contributed by atoms with Crippen molar-refractivity contribution >= 4 is 0 Å². The van der Waals surface area contributed by atoms with Gasteiger partial charge in [0.15, 0.2) is 0 Å². The van der Waals surface area contributed by atoms with Crippen LogP contribution < -0.4 is 5.32 Å². The molecule has 2 aliphatic heterocycles. The lowest BCUT2D eigenvalue weighted by Crippen LogP contribution is -2.33. The minimum atomic E-state index is 0.939. The fourth-order valence-corrected chi connectivity index (χ4v) is 2.73. The van der Waals surface area contributed by atoms with E-state index in [-0.39, 0.29) is 0 Å². The molecule has 1 unspecified atom stereocenters. The largest absolute Gasteiger partial charge is 0.316 e. The van der Waals surface area contributed by atoms with Crippen molar-refractivity contribution in [1.29, 1.82) is 0 Å². The Balaban J connectivity index is 1.70. The van der Waals surface area contributed by atoms with E-state index in [4.69, 9.17) is 0 Å². The zero-order valence-electron chi connectivity index (χ0n) is 9.30. The minimum absolute atomic E-state index is 0.939. The molecule has 0 spiro atoms. The van der Waals surface area contributed by atoms with Gasteiger partial charge in [0.2, 0.25) is 0 Å². The molecule has 0 aromatic carbocycles. The fraction of sp³-hybridized carbons (Fsp3) is 1.00. The van der Waals surface area contributed by atoms with E-state index in [9.17, 15) is 0 Å². The fourth-order valence-electron chi connectivity index (χ4n) is 2.73. The van der Waals surface area contributed by atoms with E-state index in [1.54, 1.807) is 0 Å². The summed E-state index contributed by atoms with van der Waals surface area (Å²) < 4.78 is 0. The van der Waals surface area contributed by atoms with Gasteiger partial charge in [-0.15, -0.1) is 0 Å². The Labute approximate surface area is 88.1 Å². The van der Waals surface area contributed by atoms with Crippen molar-refractivity contribution in [1.82, 2.24) is 10.2 Å². The molecule has 2 heterocycles. The van der Waals surface area contributed by atoms with Crippen molar-refractivity contribution in [3.63, 3.8) is 0 Å². The molecule has 0 aliphatic carbocycles. The third kappa shape index (κ3) is 3.25. The first-order valence-electron chi connectivity index (χ1n) is 6.38. The molecule has 0 saturated carbocycles. The highest BCUT2D eigenvalue weighted by molar-refractivity contribution is 4.75. The second-order valence-electron chi connectivity index (χ2n) is 4.93. The quantitative estimate of drug-likeness (QED) is 0.725. The van der Waals surface area contributed by atoms with Gasteiger partial charge >= 0.3 is 0 Å². The maximum atomic E-state index is 3.46. The van der Waals surface area contributed by atoms with Crippen LogP contribution in [0.3, 0.4) is 0 Å². The van der Waals surface area contributed by atoms with Crippen molar-refractivity contribution in [3.8, 4) is 0 Å². The molecule has 2 saturated heterocycles. The zero-order chi connectivity index (χ0) is 9.64. The highest BCUT2D eigenvalue weighted by atomic mass is 15.1. The van der Waals surface area contributed by atoms with Crippen molar-refractivity contribution < 1.29 is 0 Å². The first-order valence-corrected chi connectivity index (χ1v) is 6.38. The average Bonchev–Trinajstić information content (AvgIpc) is 2.62. The maximum Gasteiger partial charge on any atom is 0.00223 e. The highest BCUT2D eigenvalue weighted by Crippen LogP contribution is 2.14. The summed E-state index contributed by atoms with van der Waals surface area (Å²) in [6.07, 6.45) is 8.65. The van der Waals surface area contributed by atoms with E-state index in [2.05, 4.69) is 10.2 Å². The molecule has 0 radical (unpaired) electrons. The lowest BCUT2D eigenvalue weighted by molar-refractivity contribution is 0.217. The second-order valence-corrected chi connectivity index (χ2v) is 4.93. The van der Waals surface area contributed by atoms with Crippen molar-refractivity contribution in [2.45, 2.75) is 38.5 Å². The van der Waals surface area contributed by atoms with Crippen LogP contribution in [0.25, 0.3) is 0 Å². The van der Waals surface area contributed by atoms with E-state index in [1.165, 1.54) is 71.2 Å². The van der Waals surface area contributed by atoms with Crippen LogP contribution in [0.5, 0.6) is 0 Å². The normalized spacial score (nSPS) is 31.3. The van der Waals surface area contributed by atoms with Crippen LogP contribution in [0, 0.1) is 5.92 Å². The topological polar surface area (TPSA) is 15.3 Å².